The Labute approximate surface area is 196 Å². The Hall–Kier alpha value is -3.63. The largest absolute Gasteiger partial charge is 0.550 e. The fourth-order valence-corrected chi connectivity index (χ4v) is 2.78. The minimum atomic E-state index is -1.08. The molecule has 0 aliphatic carbocycles. The zero-order valence-corrected chi connectivity index (χ0v) is 20.0. The van der Waals surface area contributed by atoms with Gasteiger partial charge in [-0.25, -0.2) is 4.79 Å². The number of hydrogen-bond acceptors (Lipinski definition) is 6. The summed E-state index contributed by atoms with van der Waals surface area (Å²) in [5.41, 5.74) is 3.01. The van der Waals surface area contributed by atoms with Crippen molar-refractivity contribution in [2.24, 2.45) is 0 Å². The van der Waals surface area contributed by atoms with E-state index in [2.05, 4.69) is 24.4 Å². The van der Waals surface area contributed by atoms with Crippen LogP contribution < -0.4 is 10.4 Å². The number of carbonyl (C=O) groups is 2. The van der Waals surface area contributed by atoms with E-state index in [1.807, 2.05) is 69.7 Å². The molecule has 0 spiro atoms. The first-order valence-electron chi connectivity index (χ1n) is 10.7. The average molecular weight is 452 g/mol. The van der Waals surface area contributed by atoms with Gasteiger partial charge in [-0.15, -0.1) is 0 Å². The van der Waals surface area contributed by atoms with Crippen molar-refractivity contribution in [2.45, 2.75) is 26.3 Å². The molecule has 1 unspecified atom stereocenters. The lowest BCUT2D eigenvalue weighted by Gasteiger charge is -2.23. The number of benzene rings is 2. The fraction of sp³-hybridized carbons (Fsp3) is 0.346. The summed E-state index contributed by atoms with van der Waals surface area (Å²) in [4.78, 5) is 21.0. The summed E-state index contributed by atoms with van der Waals surface area (Å²) in [5, 5.41) is 21.7. The molecule has 0 bridgehead atoms. The van der Waals surface area contributed by atoms with Gasteiger partial charge >= 0.3 is 5.97 Å². The van der Waals surface area contributed by atoms with Crippen LogP contribution in [-0.4, -0.2) is 50.7 Å². The lowest BCUT2D eigenvalue weighted by Crippen LogP contribution is -2.38. The number of rotatable bonds is 9. The third kappa shape index (κ3) is 11.5. The molecular weight excluding hydrogens is 418 g/mol. The highest BCUT2D eigenvalue weighted by Gasteiger charge is 2.14. The molecule has 0 aliphatic heterocycles. The van der Waals surface area contributed by atoms with Gasteiger partial charge in [0.2, 0.25) is 0 Å². The van der Waals surface area contributed by atoms with Gasteiger partial charge < -0.3 is 24.4 Å². The number of nitrogens with zero attached hydrogens (tertiary/aromatic N) is 2. The summed E-state index contributed by atoms with van der Waals surface area (Å²) in [6.45, 7) is 4.08. The molecule has 1 N–H and O–H groups in total. The van der Waals surface area contributed by atoms with Crippen LogP contribution in [0.1, 0.15) is 37.4 Å². The van der Waals surface area contributed by atoms with E-state index in [4.69, 9.17) is 14.6 Å². The summed E-state index contributed by atoms with van der Waals surface area (Å²) >= 11 is 0. The second-order valence-electron chi connectivity index (χ2n) is 8.45. The molecule has 7 nitrogen and oxygen atoms in total. The minimum Gasteiger partial charge on any atom is -0.550 e. The Kier molecular flexibility index (Phi) is 11.4. The van der Waals surface area contributed by atoms with Crippen LogP contribution in [0, 0.1) is 11.3 Å². The van der Waals surface area contributed by atoms with E-state index in [1.165, 1.54) is 5.56 Å². The number of aliphatic carboxylic acids is 1. The number of ether oxygens (including phenoxy) is 1. The van der Waals surface area contributed by atoms with E-state index < -0.39 is 11.9 Å². The summed E-state index contributed by atoms with van der Waals surface area (Å²) in [6.07, 6.45) is 2.52. The second-order valence-corrected chi connectivity index (χ2v) is 8.45. The van der Waals surface area contributed by atoms with Gasteiger partial charge in [0.15, 0.2) is 0 Å². The molecule has 0 heterocycles. The molecule has 0 saturated carbocycles. The quantitative estimate of drug-likeness (QED) is 0.272. The maximum Gasteiger partial charge on any atom is 0.349 e. The number of likely N-dealkylation sites (N-methyl/N-ethyl adjacent to an activating group) is 1. The molecule has 0 fully saturated rings. The van der Waals surface area contributed by atoms with E-state index in [0.29, 0.717) is 11.0 Å². The molecule has 2 rings (SSSR count). The van der Waals surface area contributed by atoms with Crippen molar-refractivity contribution in [1.82, 2.24) is 0 Å². The number of hydrogen-bond donors (Lipinski definition) is 1. The van der Waals surface area contributed by atoms with Crippen molar-refractivity contribution >= 4 is 23.7 Å². The average Bonchev–Trinajstić information content (AvgIpc) is 2.76. The highest BCUT2D eigenvalue weighted by atomic mass is 16.5. The molecule has 7 heteroatoms. The van der Waals surface area contributed by atoms with Crippen LogP contribution in [0.2, 0.25) is 0 Å². The molecule has 0 saturated heterocycles. The third-order valence-electron chi connectivity index (χ3n) is 4.51. The molecule has 0 aliphatic rings. The van der Waals surface area contributed by atoms with Crippen molar-refractivity contribution in [1.29, 1.82) is 5.26 Å². The lowest BCUT2D eigenvalue weighted by atomic mass is 10.0. The molecule has 176 valence electrons. The smallest absolute Gasteiger partial charge is 0.349 e. The number of quaternary nitrogens is 1. The van der Waals surface area contributed by atoms with Gasteiger partial charge in [0.1, 0.15) is 24.8 Å². The van der Waals surface area contributed by atoms with Crippen LogP contribution in [0.15, 0.2) is 60.2 Å². The molecule has 0 amide bonds. The Balaban J connectivity index is 0.00000125. The Morgan fingerprint density at radius 2 is 1.70 bits per heavy atom. The summed E-state index contributed by atoms with van der Waals surface area (Å²) in [7, 11) is 6.06. The Morgan fingerprint density at radius 1 is 1.12 bits per heavy atom. The Morgan fingerprint density at radius 3 is 2.18 bits per heavy atom. The molecule has 0 aromatic heterocycles. The van der Waals surface area contributed by atoms with Gasteiger partial charge in [0, 0.05) is 11.7 Å². The van der Waals surface area contributed by atoms with Gasteiger partial charge in [-0.1, -0.05) is 49.4 Å². The number of carboxylic acids is 1. The van der Waals surface area contributed by atoms with Crippen LogP contribution in [0.5, 0.6) is 0 Å². The number of esters is 1. The SMILES string of the molecule is CC(=O)[O-].CCC(Nc1ccc(C=C(C#N)C(=O)OCC[N+](C)(C)C)cc1)c1ccccc1. The molecule has 1 atom stereocenters. The highest BCUT2D eigenvalue weighted by Crippen LogP contribution is 2.23. The van der Waals surface area contributed by atoms with E-state index in [9.17, 15) is 10.1 Å². The van der Waals surface area contributed by atoms with E-state index in [1.54, 1.807) is 6.08 Å². The highest BCUT2D eigenvalue weighted by molar-refractivity contribution is 5.97. The first-order valence-corrected chi connectivity index (χ1v) is 10.7. The predicted octanol–water partition coefficient (Wildman–Crippen LogP) is 3.16. The van der Waals surface area contributed by atoms with Gasteiger partial charge in [-0.05, 0) is 42.7 Å². The van der Waals surface area contributed by atoms with Crippen molar-refractivity contribution in [3.63, 3.8) is 0 Å². The molecular formula is C26H33N3O4. The zero-order chi connectivity index (χ0) is 24.9. The van der Waals surface area contributed by atoms with Gasteiger partial charge in [0.05, 0.1) is 27.2 Å². The maximum absolute atomic E-state index is 12.1. The first kappa shape index (κ1) is 27.4. The second kappa shape index (κ2) is 13.7. The Bertz CT molecular complexity index is 952. The predicted molar refractivity (Wildman–Crippen MR) is 128 cm³/mol. The van der Waals surface area contributed by atoms with Gasteiger partial charge in [-0.2, -0.15) is 5.26 Å². The summed E-state index contributed by atoms with van der Waals surface area (Å²) < 4.78 is 5.92. The van der Waals surface area contributed by atoms with Crippen LogP contribution >= 0.6 is 0 Å². The number of anilines is 1. The van der Waals surface area contributed by atoms with Gasteiger partial charge in [0.25, 0.3) is 0 Å². The van der Waals surface area contributed by atoms with Crippen LogP contribution in [0.25, 0.3) is 6.08 Å². The van der Waals surface area contributed by atoms with Crippen LogP contribution in [-0.2, 0) is 14.3 Å². The normalized spacial score (nSPS) is 11.9. The molecule has 2 aromatic carbocycles. The zero-order valence-electron chi connectivity index (χ0n) is 20.0. The number of nitrogens with one attached hydrogen (secondary N) is 1. The van der Waals surface area contributed by atoms with E-state index in [-0.39, 0.29) is 18.2 Å². The van der Waals surface area contributed by atoms with Crippen LogP contribution in [0.3, 0.4) is 0 Å². The van der Waals surface area contributed by atoms with Crippen LogP contribution in [0.4, 0.5) is 5.69 Å². The van der Waals surface area contributed by atoms with E-state index >= 15 is 0 Å². The monoisotopic (exact) mass is 451 g/mol. The summed E-state index contributed by atoms with van der Waals surface area (Å²) in [6, 6.07) is 20.2. The number of carboxylic acid groups (broad SMARTS) is 1. The third-order valence-corrected chi connectivity index (χ3v) is 4.51. The molecule has 0 radical (unpaired) electrons. The van der Waals surface area contributed by atoms with E-state index in [0.717, 1.165) is 24.6 Å². The topological polar surface area (TPSA) is 102 Å². The fourth-order valence-electron chi connectivity index (χ4n) is 2.78. The van der Waals surface area contributed by atoms with Crippen molar-refractivity contribution < 1.29 is 23.9 Å². The van der Waals surface area contributed by atoms with Crippen molar-refractivity contribution in [3.8, 4) is 6.07 Å². The maximum atomic E-state index is 12.1. The number of carbonyl (C=O) groups excluding carboxylic acids is 2. The lowest BCUT2D eigenvalue weighted by molar-refractivity contribution is -0.870. The molecule has 33 heavy (non-hydrogen) atoms. The van der Waals surface area contributed by atoms with Crippen molar-refractivity contribution in [3.05, 3.63) is 71.3 Å². The number of nitriles is 1. The summed E-state index contributed by atoms with van der Waals surface area (Å²) in [5.74, 6) is -1.67. The minimum absolute atomic E-state index is 0.00263. The van der Waals surface area contributed by atoms with Gasteiger partial charge in [-0.3, -0.25) is 0 Å². The molecule has 2 aromatic rings. The van der Waals surface area contributed by atoms with Crippen molar-refractivity contribution in [2.75, 3.05) is 39.6 Å². The standard InChI is InChI=1S/C24H29N3O2.C2H4O2/c1-5-23(20-9-7-6-8-10-20)26-22-13-11-19(12-14-22)17-21(18-25)24(28)29-16-15-27(2,3)4;1-2(3)4/h6-14,17,23H,5,15-16H2,1-4H3;1H3,(H,3,4). The first-order chi connectivity index (χ1) is 15.6.